The highest BCUT2D eigenvalue weighted by atomic mass is 35.5. The van der Waals surface area contributed by atoms with Gasteiger partial charge in [-0.05, 0) is 13.8 Å². The molecule has 0 aromatic carbocycles. The summed E-state index contributed by atoms with van der Waals surface area (Å²) >= 11 is 17.5. The largest absolute Gasteiger partial charge is 0.348 e. The minimum atomic E-state index is -0.663. The van der Waals surface area contributed by atoms with Crippen molar-refractivity contribution in [1.82, 2.24) is 9.97 Å². The Morgan fingerprint density at radius 1 is 1.35 bits per heavy atom. The van der Waals surface area contributed by atoms with Crippen LogP contribution in [0.1, 0.15) is 13.8 Å². The normalized spacial score (nSPS) is 14.2. The maximum Gasteiger partial charge on any atom is 0.348 e. The molecule has 2 atom stereocenters. The van der Waals surface area contributed by atoms with E-state index in [1.807, 2.05) is 0 Å². The molecule has 0 N–H and O–H groups in total. The van der Waals surface area contributed by atoms with Gasteiger partial charge < -0.3 is 4.90 Å². The van der Waals surface area contributed by atoms with Crippen LogP contribution in [0.2, 0.25) is 5.15 Å². The molecule has 17 heavy (non-hydrogen) atoms. The number of nitrogens with zero attached hydrogens (tertiary/aromatic N) is 4. The molecule has 1 aromatic rings. The maximum absolute atomic E-state index is 10.9. The van der Waals surface area contributed by atoms with Crippen LogP contribution < -0.4 is 4.90 Å². The van der Waals surface area contributed by atoms with Gasteiger partial charge in [-0.3, -0.25) is 10.1 Å². The molecule has 0 saturated carbocycles. The van der Waals surface area contributed by atoms with E-state index in [0.717, 1.165) is 6.33 Å². The predicted octanol–water partition coefficient (Wildman–Crippen LogP) is 3.01. The second kappa shape index (κ2) is 5.66. The summed E-state index contributed by atoms with van der Waals surface area (Å²) in [6, 6.07) is 0. The standard InChI is InChI=1S/C8H9Cl3N4O2/c1-4(9)14(5(2)10)8-6(15(16)17)7(11)12-3-13-8/h3-5H,1-2H3. The van der Waals surface area contributed by atoms with Crippen molar-refractivity contribution in [3.8, 4) is 0 Å². The van der Waals surface area contributed by atoms with E-state index >= 15 is 0 Å². The fraction of sp³-hybridized carbons (Fsp3) is 0.500. The quantitative estimate of drug-likeness (QED) is 0.281. The Balaban J connectivity index is 3.38. The number of nitro groups is 1. The van der Waals surface area contributed by atoms with E-state index in [-0.39, 0.29) is 11.0 Å². The summed E-state index contributed by atoms with van der Waals surface area (Å²) in [5.41, 5.74) is -1.56. The van der Waals surface area contributed by atoms with Gasteiger partial charge in [-0.15, -0.1) is 0 Å². The molecule has 0 aliphatic carbocycles. The smallest absolute Gasteiger partial charge is 0.318 e. The van der Waals surface area contributed by atoms with Crippen molar-refractivity contribution in [1.29, 1.82) is 0 Å². The summed E-state index contributed by atoms with van der Waals surface area (Å²) < 4.78 is 0. The van der Waals surface area contributed by atoms with Crippen molar-refractivity contribution in [2.75, 3.05) is 4.90 Å². The average molecular weight is 300 g/mol. The predicted molar refractivity (Wildman–Crippen MR) is 66.8 cm³/mol. The van der Waals surface area contributed by atoms with Crippen molar-refractivity contribution in [2.45, 2.75) is 24.8 Å². The van der Waals surface area contributed by atoms with Gasteiger partial charge in [0.2, 0.25) is 11.0 Å². The first-order valence-corrected chi connectivity index (χ1v) is 5.82. The number of halogens is 3. The van der Waals surface area contributed by atoms with Crippen LogP contribution in [0.3, 0.4) is 0 Å². The lowest BCUT2D eigenvalue weighted by Gasteiger charge is -2.27. The van der Waals surface area contributed by atoms with Crippen molar-refractivity contribution < 1.29 is 4.92 Å². The first-order valence-electron chi connectivity index (χ1n) is 4.57. The van der Waals surface area contributed by atoms with Crippen LogP contribution in [0.5, 0.6) is 0 Å². The van der Waals surface area contributed by atoms with E-state index in [1.54, 1.807) is 13.8 Å². The summed E-state index contributed by atoms with van der Waals surface area (Å²) in [4.78, 5) is 19.0. The first-order chi connectivity index (χ1) is 7.86. The lowest BCUT2D eigenvalue weighted by molar-refractivity contribution is -0.384. The summed E-state index contributed by atoms with van der Waals surface area (Å²) in [6.07, 6.45) is 1.12. The Bertz CT molecular complexity index is 419. The molecule has 1 rings (SSSR count). The van der Waals surface area contributed by atoms with Gasteiger partial charge >= 0.3 is 5.69 Å². The fourth-order valence-electron chi connectivity index (χ4n) is 1.31. The molecule has 0 amide bonds. The SMILES string of the molecule is CC(Cl)N(c1ncnc(Cl)c1[N+](=O)[O-])C(C)Cl. The van der Waals surface area contributed by atoms with Gasteiger partial charge in [0.25, 0.3) is 0 Å². The van der Waals surface area contributed by atoms with Crippen LogP contribution in [0.15, 0.2) is 6.33 Å². The van der Waals surface area contributed by atoms with E-state index in [2.05, 4.69) is 9.97 Å². The van der Waals surface area contributed by atoms with Crippen LogP contribution >= 0.6 is 34.8 Å². The van der Waals surface area contributed by atoms with Gasteiger partial charge in [0.15, 0.2) is 0 Å². The molecule has 6 nitrogen and oxygen atoms in total. The van der Waals surface area contributed by atoms with Gasteiger partial charge in [0.05, 0.1) is 4.92 Å². The number of anilines is 1. The minimum absolute atomic E-state index is 0.000000000000000444. The van der Waals surface area contributed by atoms with Crippen molar-refractivity contribution in [2.24, 2.45) is 0 Å². The monoisotopic (exact) mass is 298 g/mol. The lowest BCUT2D eigenvalue weighted by atomic mass is 10.4. The highest BCUT2D eigenvalue weighted by Crippen LogP contribution is 2.34. The van der Waals surface area contributed by atoms with Gasteiger partial charge in [-0.2, -0.15) is 0 Å². The zero-order chi connectivity index (χ0) is 13.2. The lowest BCUT2D eigenvalue weighted by Crippen LogP contribution is -2.35. The Morgan fingerprint density at radius 3 is 2.29 bits per heavy atom. The molecule has 1 heterocycles. The molecule has 0 radical (unpaired) electrons. The maximum atomic E-state index is 10.9. The van der Waals surface area contributed by atoms with E-state index in [4.69, 9.17) is 34.8 Å². The van der Waals surface area contributed by atoms with Gasteiger partial charge in [0.1, 0.15) is 17.3 Å². The Labute approximate surface area is 113 Å². The topological polar surface area (TPSA) is 72.2 Å². The van der Waals surface area contributed by atoms with Crippen molar-refractivity contribution in [3.05, 3.63) is 21.6 Å². The van der Waals surface area contributed by atoms with Crippen molar-refractivity contribution >= 4 is 46.3 Å². The fourth-order valence-corrected chi connectivity index (χ4v) is 2.09. The second-order valence-electron chi connectivity index (χ2n) is 3.15. The summed E-state index contributed by atoms with van der Waals surface area (Å²) in [6.45, 7) is 3.25. The zero-order valence-corrected chi connectivity index (χ0v) is 11.2. The molecular formula is C8H9Cl3N4O2. The molecule has 2 unspecified atom stereocenters. The van der Waals surface area contributed by atoms with Crippen LogP contribution in [0.25, 0.3) is 0 Å². The molecule has 94 valence electrons. The van der Waals surface area contributed by atoms with Gasteiger partial charge in [-0.1, -0.05) is 34.8 Å². The number of alkyl halides is 2. The van der Waals surface area contributed by atoms with Gasteiger partial charge in [-0.25, -0.2) is 9.97 Å². The van der Waals surface area contributed by atoms with Crippen LogP contribution in [0, 0.1) is 10.1 Å². The third-order valence-electron chi connectivity index (χ3n) is 1.95. The molecule has 0 aliphatic rings. The molecule has 1 aromatic heterocycles. The molecule has 9 heteroatoms. The average Bonchev–Trinajstić information content (AvgIpc) is 2.15. The Hall–Kier alpha value is -0.850. The summed E-state index contributed by atoms with van der Waals surface area (Å²) in [5.74, 6) is 0.000000000000000444. The highest BCUT2D eigenvalue weighted by Gasteiger charge is 2.30. The molecule has 0 spiro atoms. The molecule has 0 saturated heterocycles. The number of hydrogen-bond acceptors (Lipinski definition) is 5. The van der Waals surface area contributed by atoms with Gasteiger partial charge in [0, 0.05) is 0 Å². The van der Waals surface area contributed by atoms with Crippen LogP contribution in [0.4, 0.5) is 11.5 Å². The zero-order valence-electron chi connectivity index (χ0n) is 8.97. The van der Waals surface area contributed by atoms with Crippen LogP contribution in [-0.2, 0) is 0 Å². The highest BCUT2D eigenvalue weighted by molar-refractivity contribution is 6.32. The Morgan fingerprint density at radius 2 is 1.88 bits per heavy atom. The van der Waals surface area contributed by atoms with E-state index in [1.165, 1.54) is 4.90 Å². The van der Waals surface area contributed by atoms with E-state index < -0.39 is 21.6 Å². The molecular weight excluding hydrogens is 290 g/mol. The summed E-state index contributed by atoms with van der Waals surface area (Å²) in [5, 5.41) is 10.7. The van der Waals surface area contributed by atoms with Crippen LogP contribution in [-0.4, -0.2) is 25.9 Å². The number of aromatic nitrogens is 2. The summed E-state index contributed by atoms with van der Waals surface area (Å²) in [7, 11) is 0. The molecule has 0 bridgehead atoms. The molecule has 0 fully saturated rings. The first kappa shape index (κ1) is 14.2. The third-order valence-corrected chi connectivity index (χ3v) is 2.65. The van der Waals surface area contributed by atoms with E-state index in [9.17, 15) is 10.1 Å². The van der Waals surface area contributed by atoms with Crippen molar-refractivity contribution in [3.63, 3.8) is 0 Å². The second-order valence-corrected chi connectivity index (χ2v) is 4.77. The molecule has 0 aliphatic heterocycles. The third kappa shape index (κ3) is 3.08. The Kier molecular flexibility index (Phi) is 4.73. The number of rotatable bonds is 4. The minimum Gasteiger partial charge on any atom is -0.318 e. The van der Waals surface area contributed by atoms with E-state index in [0.29, 0.717) is 0 Å². The number of hydrogen-bond donors (Lipinski definition) is 0.